The van der Waals surface area contributed by atoms with Gasteiger partial charge in [0.05, 0.1) is 11.4 Å². The number of aromatic nitrogens is 1. The number of hydrogen-bond donors (Lipinski definition) is 4. The van der Waals surface area contributed by atoms with Gasteiger partial charge in [-0.1, -0.05) is 12.1 Å². The molecule has 25 heavy (non-hydrogen) atoms. The summed E-state index contributed by atoms with van der Waals surface area (Å²) in [5.41, 5.74) is 2.68. The average molecular weight is 329 g/mol. The van der Waals surface area contributed by atoms with Crippen LogP contribution in [0.15, 0.2) is 66.9 Å². The third-order valence-electron chi connectivity index (χ3n) is 4.05. The van der Waals surface area contributed by atoms with E-state index in [9.17, 15) is 5.11 Å². The van der Waals surface area contributed by atoms with Crippen molar-refractivity contribution >= 4 is 28.9 Å². The van der Waals surface area contributed by atoms with Gasteiger partial charge in [-0.25, -0.2) is 4.98 Å². The lowest BCUT2D eigenvalue weighted by atomic mass is 10.1. The molecule has 0 unspecified atom stereocenters. The Bertz CT molecular complexity index is 981. The molecule has 0 bridgehead atoms. The molecule has 0 spiro atoms. The molecule has 1 aliphatic rings. The number of nitrogens with zero attached hydrogens (tertiary/aromatic N) is 2. The van der Waals surface area contributed by atoms with Gasteiger partial charge in [-0.05, 0) is 48.5 Å². The first-order chi connectivity index (χ1) is 12.1. The van der Waals surface area contributed by atoms with Crippen molar-refractivity contribution in [3.8, 4) is 5.75 Å². The molecule has 0 amide bonds. The van der Waals surface area contributed by atoms with Crippen LogP contribution in [0.3, 0.4) is 0 Å². The highest BCUT2D eigenvalue weighted by Gasteiger charge is 2.28. The van der Waals surface area contributed by atoms with Gasteiger partial charge in [0.15, 0.2) is 5.82 Å². The SMILES string of the molecule is N=C(c1ccc(O)cc1)N1C(=N)c2ccccc2Nc2ncccc21. The van der Waals surface area contributed by atoms with Gasteiger partial charge >= 0.3 is 0 Å². The van der Waals surface area contributed by atoms with E-state index in [0.29, 0.717) is 22.6 Å². The smallest absolute Gasteiger partial charge is 0.154 e. The fourth-order valence-electron chi connectivity index (χ4n) is 2.82. The highest BCUT2D eigenvalue weighted by molar-refractivity contribution is 6.30. The van der Waals surface area contributed by atoms with Crippen molar-refractivity contribution in [3.05, 3.63) is 78.0 Å². The predicted octanol–water partition coefficient (Wildman–Crippen LogP) is 3.70. The van der Waals surface area contributed by atoms with Crippen LogP contribution in [-0.4, -0.2) is 21.8 Å². The minimum Gasteiger partial charge on any atom is -0.508 e. The molecule has 6 nitrogen and oxygen atoms in total. The molecule has 6 heteroatoms. The van der Waals surface area contributed by atoms with E-state index in [1.807, 2.05) is 30.3 Å². The van der Waals surface area contributed by atoms with Crippen LogP contribution < -0.4 is 10.2 Å². The molecular weight excluding hydrogens is 314 g/mol. The van der Waals surface area contributed by atoms with Crippen LogP contribution in [0, 0.1) is 10.8 Å². The van der Waals surface area contributed by atoms with Crippen LogP contribution in [0.1, 0.15) is 11.1 Å². The molecule has 1 aromatic heterocycles. The molecule has 0 aliphatic carbocycles. The molecule has 122 valence electrons. The van der Waals surface area contributed by atoms with Crippen molar-refractivity contribution in [2.45, 2.75) is 0 Å². The fraction of sp³-hybridized carbons (Fsp3) is 0. The molecule has 4 rings (SSSR count). The maximum atomic E-state index is 9.49. The monoisotopic (exact) mass is 329 g/mol. The van der Waals surface area contributed by atoms with Crippen LogP contribution in [0.25, 0.3) is 0 Å². The second-order valence-corrected chi connectivity index (χ2v) is 5.62. The third-order valence-corrected chi connectivity index (χ3v) is 4.05. The maximum absolute atomic E-state index is 9.49. The number of pyridine rings is 1. The zero-order valence-corrected chi connectivity index (χ0v) is 13.2. The summed E-state index contributed by atoms with van der Waals surface area (Å²) in [4.78, 5) is 5.92. The number of anilines is 3. The Morgan fingerprint density at radius 2 is 1.76 bits per heavy atom. The lowest BCUT2D eigenvalue weighted by molar-refractivity contribution is 0.475. The summed E-state index contributed by atoms with van der Waals surface area (Å²) in [7, 11) is 0. The van der Waals surface area contributed by atoms with Crippen LogP contribution in [0.4, 0.5) is 17.2 Å². The van der Waals surface area contributed by atoms with Crippen LogP contribution >= 0.6 is 0 Å². The van der Waals surface area contributed by atoms with E-state index in [-0.39, 0.29) is 17.4 Å². The number of nitrogens with one attached hydrogen (secondary N) is 3. The molecule has 0 atom stereocenters. The molecule has 0 radical (unpaired) electrons. The summed E-state index contributed by atoms with van der Waals surface area (Å²) in [6.45, 7) is 0. The van der Waals surface area contributed by atoms with Crippen LogP contribution in [-0.2, 0) is 0 Å². The number of amidine groups is 2. The largest absolute Gasteiger partial charge is 0.508 e. The predicted molar refractivity (Wildman–Crippen MR) is 98.2 cm³/mol. The van der Waals surface area contributed by atoms with E-state index in [2.05, 4.69) is 10.3 Å². The Balaban J connectivity index is 1.89. The van der Waals surface area contributed by atoms with E-state index < -0.39 is 0 Å². The number of phenols is 1. The Kier molecular flexibility index (Phi) is 3.43. The summed E-state index contributed by atoms with van der Waals surface area (Å²) in [6, 6.07) is 17.5. The van der Waals surface area contributed by atoms with E-state index in [1.54, 1.807) is 29.3 Å². The molecule has 2 heterocycles. The van der Waals surface area contributed by atoms with Crippen molar-refractivity contribution in [1.82, 2.24) is 4.98 Å². The fourth-order valence-corrected chi connectivity index (χ4v) is 2.82. The van der Waals surface area contributed by atoms with Crippen molar-refractivity contribution in [3.63, 3.8) is 0 Å². The first kappa shape index (κ1) is 14.9. The molecule has 3 aromatic rings. The average Bonchev–Trinajstić information content (AvgIpc) is 2.76. The Labute approximate surface area is 144 Å². The third kappa shape index (κ3) is 2.49. The summed E-state index contributed by atoms with van der Waals surface area (Å²) in [6.07, 6.45) is 1.67. The minimum absolute atomic E-state index is 0.136. The first-order valence-corrected chi connectivity index (χ1v) is 7.73. The summed E-state index contributed by atoms with van der Waals surface area (Å²) in [5, 5.41) is 30.1. The summed E-state index contributed by atoms with van der Waals surface area (Å²) in [5.74, 6) is 1.04. The zero-order chi connectivity index (χ0) is 17.4. The normalized spacial score (nSPS) is 12.6. The quantitative estimate of drug-likeness (QED) is 0.404. The molecule has 2 aromatic carbocycles. The number of fused-ring (bicyclic) bond motifs is 2. The van der Waals surface area contributed by atoms with Gasteiger partial charge in [0.1, 0.15) is 17.4 Å². The topological polar surface area (TPSA) is 96.1 Å². The highest BCUT2D eigenvalue weighted by atomic mass is 16.3. The van der Waals surface area contributed by atoms with Crippen molar-refractivity contribution < 1.29 is 5.11 Å². The minimum atomic E-state index is 0.136. The van der Waals surface area contributed by atoms with Gasteiger partial charge in [0, 0.05) is 17.3 Å². The van der Waals surface area contributed by atoms with E-state index >= 15 is 0 Å². The number of benzene rings is 2. The number of para-hydroxylation sites is 1. The molecule has 0 fully saturated rings. The Morgan fingerprint density at radius 3 is 2.56 bits per heavy atom. The summed E-state index contributed by atoms with van der Waals surface area (Å²) >= 11 is 0. The Morgan fingerprint density at radius 1 is 1.00 bits per heavy atom. The van der Waals surface area contributed by atoms with Crippen molar-refractivity contribution in [2.75, 3.05) is 10.2 Å². The molecule has 4 N–H and O–H groups in total. The van der Waals surface area contributed by atoms with Crippen molar-refractivity contribution in [2.24, 2.45) is 0 Å². The van der Waals surface area contributed by atoms with Gasteiger partial charge in [0.25, 0.3) is 0 Å². The van der Waals surface area contributed by atoms with Crippen molar-refractivity contribution in [1.29, 1.82) is 10.8 Å². The van der Waals surface area contributed by atoms with Gasteiger partial charge in [-0.3, -0.25) is 15.7 Å². The standard InChI is InChI=1S/C19H15N5O/c20-17(12-7-9-13(25)10-8-12)24-16-6-3-11-22-19(16)23-15-5-2-1-4-14(15)18(24)21/h1-11,20-21,25H,(H,22,23). The summed E-state index contributed by atoms with van der Waals surface area (Å²) < 4.78 is 0. The highest BCUT2D eigenvalue weighted by Crippen LogP contribution is 2.34. The molecule has 0 saturated carbocycles. The maximum Gasteiger partial charge on any atom is 0.154 e. The van der Waals surface area contributed by atoms with Gasteiger partial charge in [0.2, 0.25) is 0 Å². The van der Waals surface area contributed by atoms with Crippen LogP contribution in [0.2, 0.25) is 0 Å². The van der Waals surface area contributed by atoms with E-state index in [4.69, 9.17) is 10.8 Å². The molecule has 0 saturated heterocycles. The van der Waals surface area contributed by atoms with Gasteiger partial charge < -0.3 is 10.4 Å². The molecule has 1 aliphatic heterocycles. The van der Waals surface area contributed by atoms with Gasteiger partial charge in [-0.2, -0.15) is 0 Å². The van der Waals surface area contributed by atoms with Crippen LogP contribution in [0.5, 0.6) is 5.75 Å². The number of phenolic OH excluding ortho intramolecular Hbond substituents is 1. The zero-order valence-electron chi connectivity index (χ0n) is 13.2. The lowest BCUT2D eigenvalue weighted by Gasteiger charge is -2.25. The second kappa shape index (κ2) is 5.76. The second-order valence-electron chi connectivity index (χ2n) is 5.62. The first-order valence-electron chi connectivity index (χ1n) is 7.73. The number of hydrogen-bond acceptors (Lipinski definition) is 5. The van der Waals surface area contributed by atoms with E-state index in [1.165, 1.54) is 12.1 Å². The number of rotatable bonds is 1. The lowest BCUT2D eigenvalue weighted by Crippen LogP contribution is -2.36. The van der Waals surface area contributed by atoms with E-state index in [0.717, 1.165) is 5.69 Å². The number of aromatic hydroxyl groups is 1. The molecular formula is C19H15N5O. The van der Waals surface area contributed by atoms with Gasteiger partial charge in [-0.15, -0.1) is 0 Å². The Hall–Kier alpha value is -3.67.